The van der Waals surface area contributed by atoms with Gasteiger partial charge in [0.1, 0.15) is 5.82 Å². The molecule has 0 aliphatic heterocycles. The number of amides is 2. The molecule has 0 atom stereocenters. The predicted molar refractivity (Wildman–Crippen MR) is 67.6 cm³/mol. The van der Waals surface area contributed by atoms with Crippen LogP contribution in [-0.4, -0.2) is 35.7 Å². The molecule has 18 heavy (non-hydrogen) atoms. The lowest BCUT2D eigenvalue weighted by atomic mass is 10.2. The normalized spacial score (nSPS) is 10.2. The molecule has 0 radical (unpaired) electrons. The van der Waals surface area contributed by atoms with Gasteiger partial charge in [-0.2, -0.15) is 0 Å². The fourth-order valence-electron chi connectivity index (χ4n) is 1.64. The van der Waals surface area contributed by atoms with Crippen molar-refractivity contribution in [2.24, 2.45) is 0 Å². The van der Waals surface area contributed by atoms with Crippen LogP contribution in [0.1, 0.15) is 18.9 Å². The van der Waals surface area contributed by atoms with Crippen LogP contribution < -0.4 is 5.32 Å². The minimum Gasteiger partial charge on any atom is -0.395 e. The Morgan fingerprint density at radius 3 is 2.83 bits per heavy atom. The highest BCUT2D eigenvalue weighted by Gasteiger charge is 2.11. The second-order valence-electron chi connectivity index (χ2n) is 4.00. The Bertz CT molecular complexity index is 379. The Morgan fingerprint density at radius 2 is 2.22 bits per heavy atom. The largest absolute Gasteiger partial charge is 0.395 e. The first kappa shape index (κ1) is 14.4. The molecule has 0 saturated heterocycles. The summed E-state index contributed by atoms with van der Waals surface area (Å²) in [6.07, 6.45) is 0.827. The molecule has 0 bridgehead atoms. The van der Waals surface area contributed by atoms with Gasteiger partial charge in [0.25, 0.3) is 0 Å². The van der Waals surface area contributed by atoms with Crippen LogP contribution in [0, 0.1) is 5.82 Å². The van der Waals surface area contributed by atoms with Crippen molar-refractivity contribution in [3.05, 3.63) is 35.6 Å². The van der Waals surface area contributed by atoms with Crippen molar-refractivity contribution in [2.45, 2.75) is 19.9 Å². The Hall–Kier alpha value is -1.62. The highest BCUT2D eigenvalue weighted by molar-refractivity contribution is 5.74. The lowest BCUT2D eigenvalue weighted by Gasteiger charge is -2.21. The van der Waals surface area contributed by atoms with Gasteiger partial charge in [0, 0.05) is 19.6 Å². The van der Waals surface area contributed by atoms with Crippen molar-refractivity contribution in [1.82, 2.24) is 10.2 Å². The molecule has 1 aromatic carbocycles. The summed E-state index contributed by atoms with van der Waals surface area (Å²) in [5.74, 6) is -0.317. The summed E-state index contributed by atoms with van der Waals surface area (Å²) in [5.41, 5.74) is 0.712. The highest BCUT2D eigenvalue weighted by atomic mass is 19.1. The minimum absolute atomic E-state index is 0.0621. The number of urea groups is 1. The van der Waals surface area contributed by atoms with E-state index in [-0.39, 0.29) is 25.0 Å². The molecule has 0 aliphatic rings. The molecule has 0 spiro atoms. The van der Waals surface area contributed by atoms with Gasteiger partial charge in [-0.15, -0.1) is 0 Å². The molecule has 0 saturated carbocycles. The number of aliphatic hydroxyl groups is 1. The third-order valence-corrected chi connectivity index (χ3v) is 2.48. The first-order valence-corrected chi connectivity index (χ1v) is 6.05. The van der Waals surface area contributed by atoms with E-state index in [0.29, 0.717) is 18.7 Å². The van der Waals surface area contributed by atoms with E-state index < -0.39 is 0 Å². The zero-order valence-electron chi connectivity index (χ0n) is 10.5. The maximum atomic E-state index is 12.9. The molecule has 0 fully saturated rings. The van der Waals surface area contributed by atoms with Crippen LogP contribution in [0.25, 0.3) is 0 Å². The standard InChI is InChI=1S/C13H19FN2O2/c1-2-6-16(7-8-17)13(18)15-10-11-4-3-5-12(14)9-11/h3-5,9,17H,2,6-8,10H2,1H3,(H,15,18). The fourth-order valence-corrected chi connectivity index (χ4v) is 1.64. The number of hydrogen-bond donors (Lipinski definition) is 2. The zero-order chi connectivity index (χ0) is 13.4. The van der Waals surface area contributed by atoms with Gasteiger partial charge in [-0.05, 0) is 24.1 Å². The van der Waals surface area contributed by atoms with E-state index in [2.05, 4.69) is 5.32 Å². The van der Waals surface area contributed by atoms with E-state index >= 15 is 0 Å². The van der Waals surface area contributed by atoms with Gasteiger partial charge in [-0.25, -0.2) is 9.18 Å². The molecular weight excluding hydrogens is 235 g/mol. The molecule has 0 unspecified atom stereocenters. The second-order valence-corrected chi connectivity index (χ2v) is 4.00. The van der Waals surface area contributed by atoms with Crippen LogP contribution in [-0.2, 0) is 6.54 Å². The molecule has 0 aliphatic carbocycles. The summed E-state index contributed by atoms with van der Waals surface area (Å²) in [6, 6.07) is 5.86. The lowest BCUT2D eigenvalue weighted by molar-refractivity contribution is 0.177. The zero-order valence-corrected chi connectivity index (χ0v) is 10.5. The monoisotopic (exact) mass is 254 g/mol. The number of hydrogen-bond acceptors (Lipinski definition) is 2. The van der Waals surface area contributed by atoms with Crippen LogP contribution in [0.5, 0.6) is 0 Å². The minimum atomic E-state index is -0.317. The Labute approximate surface area is 106 Å². The lowest BCUT2D eigenvalue weighted by Crippen LogP contribution is -2.41. The highest BCUT2D eigenvalue weighted by Crippen LogP contribution is 2.03. The molecule has 100 valence electrons. The van der Waals surface area contributed by atoms with Gasteiger partial charge < -0.3 is 15.3 Å². The molecule has 0 heterocycles. The van der Waals surface area contributed by atoms with Crippen LogP contribution in [0.3, 0.4) is 0 Å². The first-order valence-electron chi connectivity index (χ1n) is 6.05. The number of aliphatic hydroxyl groups excluding tert-OH is 1. The number of halogens is 1. The molecular formula is C13H19FN2O2. The van der Waals surface area contributed by atoms with Crippen LogP contribution in [0.2, 0.25) is 0 Å². The average Bonchev–Trinajstić information content (AvgIpc) is 2.36. The van der Waals surface area contributed by atoms with Crippen molar-refractivity contribution >= 4 is 6.03 Å². The van der Waals surface area contributed by atoms with E-state index in [1.807, 2.05) is 6.92 Å². The summed E-state index contributed by atoms with van der Waals surface area (Å²) in [5, 5.41) is 11.6. The van der Waals surface area contributed by atoms with Gasteiger partial charge >= 0.3 is 6.03 Å². The quantitative estimate of drug-likeness (QED) is 0.812. The maximum Gasteiger partial charge on any atom is 0.317 e. The van der Waals surface area contributed by atoms with Crippen molar-refractivity contribution in [3.63, 3.8) is 0 Å². The molecule has 2 amide bonds. The van der Waals surface area contributed by atoms with Crippen molar-refractivity contribution in [3.8, 4) is 0 Å². The van der Waals surface area contributed by atoms with Crippen molar-refractivity contribution in [1.29, 1.82) is 0 Å². The maximum absolute atomic E-state index is 12.9. The number of rotatable bonds is 6. The summed E-state index contributed by atoms with van der Waals surface area (Å²) >= 11 is 0. The van der Waals surface area contributed by atoms with E-state index in [9.17, 15) is 9.18 Å². The SMILES string of the molecule is CCCN(CCO)C(=O)NCc1cccc(F)c1. The van der Waals surface area contributed by atoms with Gasteiger partial charge in [-0.1, -0.05) is 19.1 Å². The summed E-state index contributed by atoms with van der Waals surface area (Å²) in [4.78, 5) is 13.3. The molecule has 1 aromatic rings. The molecule has 1 rings (SSSR count). The van der Waals surface area contributed by atoms with E-state index in [1.54, 1.807) is 17.0 Å². The Morgan fingerprint density at radius 1 is 1.44 bits per heavy atom. The first-order chi connectivity index (χ1) is 8.67. The Kier molecular flexibility index (Phi) is 6.14. The van der Waals surface area contributed by atoms with Crippen molar-refractivity contribution < 1.29 is 14.3 Å². The van der Waals surface area contributed by atoms with Crippen molar-refractivity contribution in [2.75, 3.05) is 19.7 Å². The average molecular weight is 254 g/mol. The van der Waals surface area contributed by atoms with Crippen LogP contribution in [0.4, 0.5) is 9.18 Å². The molecule has 5 heteroatoms. The molecule has 4 nitrogen and oxygen atoms in total. The van der Waals surface area contributed by atoms with Gasteiger partial charge in [0.05, 0.1) is 6.61 Å². The number of carbonyl (C=O) groups excluding carboxylic acids is 1. The van der Waals surface area contributed by atoms with Crippen LogP contribution >= 0.6 is 0 Å². The third-order valence-electron chi connectivity index (χ3n) is 2.48. The smallest absolute Gasteiger partial charge is 0.317 e. The van der Waals surface area contributed by atoms with E-state index in [1.165, 1.54) is 12.1 Å². The number of nitrogens with zero attached hydrogens (tertiary/aromatic N) is 1. The van der Waals surface area contributed by atoms with Gasteiger partial charge in [0.2, 0.25) is 0 Å². The predicted octanol–water partition coefficient (Wildman–Crippen LogP) is 1.74. The topological polar surface area (TPSA) is 52.6 Å². The van der Waals surface area contributed by atoms with E-state index in [4.69, 9.17) is 5.11 Å². The molecule has 2 N–H and O–H groups in total. The van der Waals surface area contributed by atoms with Gasteiger partial charge in [0.15, 0.2) is 0 Å². The second kappa shape index (κ2) is 7.66. The van der Waals surface area contributed by atoms with E-state index in [0.717, 1.165) is 6.42 Å². The molecule has 0 aromatic heterocycles. The summed E-state index contributed by atoms with van der Waals surface area (Å²) in [6.45, 7) is 3.08. The number of nitrogens with one attached hydrogen (secondary N) is 1. The third kappa shape index (κ3) is 4.71. The number of benzene rings is 1. The summed E-state index contributed by atoms with van der Waals surface area (Å²) in [7, 11) is 0. The van der Waals surface area contributed by atoms with Gasteiger partial charge in [-0.3, -0.25) is 0 Å². The summed E-state index contributed by atoms with van der Waals surface area (Å²) < 4.78 is 12.9. The Balaban J connectivity index is 2.48. The number of carbonyl (C=O) groups is 1. The van der Waals surface area contributed by atoms with Crippen LogP contribution in [0.15, 0.2) is 24.3 Å². The fraction of sp³-hybridized carbons (Fsp3) is 0.462.